The smallest absolute Gasteiger partial charge is 0.249 e. The van der Waals surface area contributed by atoms with Crippen molar-refractivity contribution in [2.24, 2.45) is 0 Å². The summed E-state index contributed by atoms with van der Waals surface area (Å²) in [6, 6.07) is 13.1. The van der Waals surface area contributed by atoms with Crippen LogP contribution in [0.2, 0.25) is 5.02 Å². The minimum Gasteiger partial charge on any atom is -0.419 e. The molecule has 1 heterocycles. The van der Waals surface area contributed by atoms with Crippen LogP contribution in [-0.2, 0) is 11.3 Å². The summed E-state index contributed by atoms with van der Waals surface area (Å²) >= 11 is 6.16. The Morgan fingerprint density at radius 3 is 2.71 bits per heavy atom. The van der Waals surface area contributed by atoms with E-state index in [2.05, 4.69) is 10.2 Å². The normalized spacial score (nSPS) is 11.3. The van der Waals surface area contributed by atoms with Crippen molar-refractivity contribution >= 4 is 23.6 Å². The van der Waals surface area contributed by atoms with Gasteiger partial charge in [0.1, 0.15) is 5.82 Å². The third kappa shape index (κ3) is 4.84. The third-order valence-electron chi connectivity index (χ3n) is 4.05. The molecule has 0 saturated heterocycles. The lowest BCUT2D eigenvalue weighted by molar-refractivity contribution is -0.128. The van der Waals surface area contributed by atoms with Crippen LogP contribution < -0.4 is 0 Å². The van der Waals surface area contributed by atoms with Crippen LogP contribution in [0.25, 0.3) is 17.5 Å². The van der Waals surface area contributed by atoms with E-state index >= 15 is 0 Å². The zero-order chi connectivity index (χ0) is 20.1. The number of rotatable bonds is 6. The number of hydrogen-bond acceptors (Lipinski definition) is 4. The molecule has 0 radical (unpaired) electrons. The number of carbonyl (C=O) groups excluding carboxylic acids is 1. The molecule has 144 valence electrons. The van der Waals surface area contributed by atoms with Gasteiger partial charge in [-0.15, -0.1) is 10.2 Å². The molecule has 3 rings (SSSR count). The number of carbonyl (C=O) groups is 1. The van der Waals surface area contributed by atoms with Crippen molar-refractivity contribution in [2.75, 3.05) is 0 Å². The van der Waals surface area contributed by atoms with E-state index in [9.17, 15) is 9.18 Å². The van der Waals surface area contributed by atoms with Crippen LogP contribution in [0.4, 0.5) is 4.39 Å². The first kappa shape index (κ1) is 19.8. The SMILES string of the molecule is CC(C)N(Cc1nnc(-c2ccccc2Cl)o1)C(=O)/C=C/c1cccc(F)c1. The van der Waals surface area contributed by atoms with E-state index in [1.807, 2.05) is 26.0 Å². The first-order chi connectivity index (χ1) is 13.4. The Balaban J connectivity index is 1.75. The van der Waals surface area contributed by atoms with Crippen molar-refractivity contribution < 1.29 is 13.6 Å². The predicted molar refractivity (Wildman–Crippen MR) is 106 cm³/mol. The Bertz CT molecular complexity index is 1000. The van der Waals surface area contributed by atoms with Gasteiger partial charge in [0.15, 0.2) is 0 Å². The molecule has 1 aromatic heterocycles. The van der Waals surface area contributed by atoms with Gasteiger partial charge in [-0.05, 0) is 49.8 Å². The number of halogens is 2. The summed E-state index contributed by atoms with van der Waals surface area (Å²) in [6.07, 6.45) is 2.98. The second kappa shape index (κ2) is 8.80. The van der Waals surface area contributed by atoms with Gasteiger partial charge in [-0.3, -0.25) is 4.79 Å². The number of amides is 1. The predicted octanol–water partition coefficient (Wildman–Crippen LogP) is 4.98. The van der Waals surface area contributed by atoms with Gasteiger partial charge in [0.2, 0.25) is 17.7 Å². The van der Waals surface area contributed by atoms with Crippen LogP contribution in [0, 0.1) is 5.82 Å². The second-order valence-electron chi connectivity index (χ2n) is 6.43. The fourth-order valence-corrected chi connectivity index (χ4v) is 2.81. The fraction of sp³-hybridized carbons (Fsp3) is 0.190. The fourth-order valence-electron chi connectivity index (χ4n) is 2.60. The topological polar surface area (TPSA) is 59.2 Å². The number of benzene rings is 2. The van der Waals surface area contributed by atoms with Crippen molar-refractivity contribution in [3.63, 3.8) is 0 Å². The molecule has 0 N–H and O–H groups in total. The quantitative estimate of drug-likeness (QED) is 0.548. The van der Waals surface area contributed by atoms with E-state index in [1.54, 1.807) is 35.2 Å². The van der Waals surface area contributed by atoms with E-state index in [4.69, 9.17) is 16.0 Å². The van der Waals surface area contributed by atoms with Gasteiger partial charge in [0.05, 0.1) is 17.1 Å². The number of nitrogens with zero attached hydrogens (tertiary/aromatic N) is 3. The van der Waals surface area contributed by atoms with Crippen molar-refractivity contribution in [1.29, 1.82) is 0 Å². The molecule has 0 aliphatic heterocycles. The highest BCUT2D eigenvalue weighted by atomic mass is 35.5. The summed E-state index contributed by atoms with van der Waals surface area (Å²) in [5.74, 6) is 0.00761. The average molecular weight is 400 g/mol. The number of aromatic nitrogens is 2. The van der Waals surface area contributed by atoms with Crippen LogP contribution in [0.15, 0.2) is 59.0 Å². The molecule has 5 nitrogen and oxygen atoms in total. The highest BCUT2D eigenvalue weighted by Gasteiger charge is 2.19. The van der Waals surface area contributed by atoms with Crippen molar-refractivity contribution in [3.8, 4) is 11.5 Å². The lowest BCUT2D eigenvalue weighted by Gasteiger charge is -2.23. The van der Waals surface area contributed by atoms with Gasteiger partial charge >= 0.3 is 0 Å². The Kier molecular flexibility index (Phi) is 6.21. The zero-order valence-electron chi connectivity index (χ0n) is 15.5. The van der Waals surface area contributed by atoms with Gasteiger partial charge in [0, 0.05) is 12.1 Å². The molecule has 28 heavy (non-hydrogen) atoms. The summed E-state index contributed by atoms with van der Waals surface area (Å²) < 4.78 is 19.0. The van der Waals surface area contributed by atoms with Crippen LogP contribution in [0.5, 0.6) is 0 Å². The molecule has 1 amide bonds. The van der Waals surface area contributed by atoms with E-state index in [0.29, 0.717) is 27.9 Å². The van der Waals surface area contributed by atoms with E-state index in [1.165, 1.54) is 18.2 Å². The van der Waals surface area contributed by atoms with Crippen LogP contribution in [0.3, 0.4) is 0 Å². The third-order valence-corrected chi connectivity index (χ3v) is 4.38. The lowest BCUT2D eigenvalue weighted by atomic mass is 10.2. The lowest BCUT2D eigenvalue weighted by Crippen LogP contribution is -2.35. The minimum absolute atomic E-state index is 0.0969. The van der Waals surface area contributed by atoms with Gasteiger partial charge in [-0.25, -0.2) is 4.39 Å². The van der Waals surface area contributed by atoms with Crippen LogP contribution >= 0.6 is 11.6 Å². The highest BCUT2D eigenvalue weighted by Crippen LogP contribution is 2.26. The van der Waals surface area contributed by atoms with Gasteiger partial charge in [-0.2, -0.15) is 0 Å². The molecule has 0 unspecified atom stereocenters. The maximum Gasteiger partial charge on any atom is 0.249 e. The summed E-state index contributed by atoms with van der Waals surface area (Å²) in [5, 5.41) is 8.56. The molecule has 0 atom stereocenters. The Morgan fingerprint density at radius 1 is 1.21 bits per heavy atom. The summed E-state index contributed by atoms with van der Waals surface area (Å²) in [6.45, 7) is 3.93. The molecule has 0 aliphatic carbocycles. The van der Waals surface area contributed by atoms with Crippen molar-refractivity contribution in [3.05, 3.63) is 76.9 Å². The molecule has 3 aromatic rings. The van der Waals surface area contributed by atoms with Gasteiger partial charge in [0.25, 0.3) is 0 Å². The standard InChI is InChI=1S/C21H19ClFN3O2/c1-14(2)26(20(27)11-10-15-6-5-7-16(23)12-15)13-19-24-25-21(28-19)17-8-3-4-9-18(17)22/h3-12,14H,13H2,1-2H3/b11-10+. The zero-order valence-corrected chi connectivity index (χ0v) is 16.2. The monoisotopic (exact) mass is 399 g/mol. The Morgan fingerprint density at radius 2 is 2.00 bits per heavy atom. The largest absolute Gasteiger partial charge is 0.419 e. The van der Waals surface area contributed by atoms with Crippen molar-refractivity contribution in [2.45, 2.75) is 26.4 Å². The molecular formula is C21H19ClFN3O2. The maximum atomic E-state index is 13.3. The summed E-state index contributed by atoms with van der Waals surface area (Å²) in [7, 11) is 0. The summed E-state index contributed by atoms with van der Waals surface area (Å²) in [4.78, 5) is 14.2. The molecule has 0 spiro atoms. The Hall–Kier alpha value is -2.99. The minimum atomic E-state index is -0.353. The molecule has 0 bridgehead atoms. The second-order valence-corrected chi connectivity index (χ2v) is 6.84. The van der Waals surface area contributed by atoms with Crippen LogP contribution in [0.1, 0.15) is 25.3 Å². The maximum absolute atomic E-state index is 13.3. The van der Waals surface area contributed by atoms with Gasteiger partial charge < -0.3 is 9.32 Å². The molecule has 7 heteroatoms. The molecule has 0 aliphatic rings. The first-order valence-corrected chi connectivity index (χ1v) is 9.13. The number of hydrogen-bond donors (Lipinski definition) is 0. The van der Waals surface area contributed by atoms with E-state index in [0.717, 1.165) is 0 Å². The van der Waals surface area contributed by atoms with E-state index < -0.39 is 0 Å². The molecule has 0 saturated carbocycles. The van der Waals surface area contributed by atoms with Gasteiger partial charge in [-0.1, -0.05) is 35.9 Å². The van der Waals surface area contributed by atoms with Crippen LogP contribution in [-0.4, -0.2) is 27.0 Å². The molecule has 2 aromatic carbocycles. The Labute approximate surface area is 167 Å². The summed E-state index contributed by atoms with van der Waals surface area (Å²) in [5.41, 5.74) is 1.24. The van der Waals surface area contributed by atoms with Crippen molar-refractivity contribution in [1.82, 2.24) is 15.1 Å². The first-order valence-electron chi connectivity index (χ1n) is 8.75. The van der Waals surface area contributed by atoms with E-state index in [-0.39, 0.29) is 24.3 Å². The highest BCUT2D eigenvalue weighted by molar-refractivity contribution is 6.33. The molecule has 0 fully saturated rings. The molecular weight excluding hydrogens is 381 g/mol. The average Bonchev–Trinajstić information content (AvgIpc) is 3.13.